The van der Waals surface area contributed by atoms with Gasteiger partial charge in [0.05, 0.1) is 17.9 Å². The predicted octanol–water partition coefficient (Wildman–Crippen LogP) is -0.623. The maximum atomic E-state index is 12.0. The third-order valence-corrected chi connectivity index (χ3v) is 3.55. The van der Waals surface area contributed by atoms with Gasteiger partial charge in [0, 0.05) is 12.6 Å². The second-order valence-corrected chi connectivity index (χ2v) is 5.72. The van der Waals surface area contributed by atoms with E-state index in [1.165, 1.54) is 4.90 Å². The van der Waals surface area contributed by atoms with Gasteiger partial charge in [-0.05, 0) is 26.7 Å². The molecule has 0 aromatic heterocycles. The summed E-state index contributed by atoms with van der Waals surface area (Å²) in [4.78, 5) is 36.3. The first-order valence-corrected chi connectivity index (χ1v) is 6.22. The standard InChI is InChI=1S/C12H19N3O3/c1-12(2,11(13)18)6-14-8-5-9(16)15(10(8)17)7-3-4-7/h7-8,14H,3-6H2,1-2H3,(H2,13,18). The van der Waals surface area contributed by atoms with E-state index in [-0.39, 0.29) is 24.3 Å². The predicted molar refractivity (Wildman–Crippen MR) is 64.3 cm³/mol. The Morgan fingerprint density at radius 2 is 2.06 bits per heavy atom. The fourth-order valence-corrected chi connectivity index (χ4v) is 1.99. The number of amides is 3. The monoisotopic (exact) mass is 253 g/mol. The van der Waals surface area contributed by atoms with Gasteiger partial charge >= 0.3 is 0 Å². The van der Waals surface area contributed by atoms with Crippen molar-refractivity contribution < 1.29 is 14.4 Å². The Hall–Kier alpha value is -1.43. The Labute approximate surface area is 106 Å². The molecule has 1 atom stereocenters. The number of carbonyl (C=O) groups is 3. The van der Waals surface area contributed by atoms with Crippen LogP contribution in [0.15, 0.2) is 0 Å². The molecule has 1 aliphatic heterocycles. The number of carbonyl (C=O) groups excluding carboxylic acids is 3. The van der Waals surface area contributed by atoms with Crippen LogP contribution in [-0.2, 0) is 14.4 Å². The number of nitrogens with one attached hydrogen (secondary N) is 1. The van der Waals surface area contributed by atoms with Gasteiger partial charge in [0.2, 0.25) is 17.7 Å². The molecule has 1 unspecified atom stereocenters. The van der Waals surface area contributed by atoms with E-state index in [1.807, 2.05) is 0 Å². The molecular formula is C12H19N3O3. The van der Waals surface area contributed by atoms with Crippen LogP contribution < -0.4 is 11.1 Å². The first kappa shape index (κ1) is 13.0. The Morgan fingerprint density at radius 1 is 1.44 bits per heavy atom. The molecule has 3 N–H and O–H groups in total. The van der Waals surface area contributed by atoms with Crippen LogP contribution in [0.5, 0.6) is 0 Å². The van der Waals surface area contributed by atoms with Crippen molar-refractivity contribution >= 4 is 17.7 Å². The minimum atomic E-state index is -0.726. The zero-order valence-corrected chi connectivity index (χ0v) is 10.7. The SMILES string of the molecule is CC(C)(CNC1CC(=O)N(C2CC2)C1=O)C(N)=O. The molecule has 1 saturated heterocycles. The number of primary amides is 1. The molecule has 2 rings (SSSR count). The Morgan fingerprint density at radius 3 is 2.56 bits per heavy atom. The van der Waals surface area contributed by atoms with E-state index in [1.54, 1.807) is 13.8 Å². The van der Waals surface area contributed by atoms with Crippen LogP contribution in [0, 0.1) is 5.41 Å². The molecule has 3 amide bonds. The van der Waals surface area contributed by atoms with Crippen LogP contribution in [0.25, 0.3) is 0 Å². The Balaban J connectivity index is 1.93. The van der Waals surface area contributed by atoms with Gasteiger partial charge in [-0.3, -0.25) is 19.3 Å². The van der Waals surface area contributed by atoms with Gasteiger partial charge in [0.25, 0.3) is 0 Å². The summed E-state index contributed by atoms with van der Waals surface area (Å²) in [6, 6.07) is -0.391. The highest BCUT2D eigenvalue weighted by molar-refractivity contribution is 6.06. The van der Waals surface area contributed by atoms with Crippen molar-refractivity contribution in [1.82, 2.24) is 10.2 Å². The van der Waals surface area contributed by atoms with Crippen molar-refractivity contribution in [3.8, 4) is 0 Å². The average Bonchev–Trinajstić information content (AvgIpc) is 3.04. The minimum Gasteiger partial charge on any atom is -0.369 e. The fraction of sp³-hybridized carbons (Fsp3) is 0.750. The van der Waals surface area contributed by atoms with Crippen LogP contribution in [-0.4, -0.2) is 41.2 Å². The molecule has 6 nitrogen and oxygen atoms in total. The summed E-state index contributed by atoms with van der Waals surface area (Å²) in [6.07, 6.45) is 2.01. The zero-order chi connectivity index (χ0) is 13.5. The molecule has 0 aromatic carbocycles. The first-order valence-electron chi connectivity index (χ1n) is 6.22. The van der Waals surface area contributed by atoms with Crippen molar-refractivity contribution in [2.24, 2.45) is 11.1 Å². The van der Waals surface area contributed by atoms with E-state index in [2.05, 4.69) is 5.32 Å². The molecule has 2 aliphatic rings. The van der Waals surface area contributed by atoms with E-state index in [9.17, 15) is 14.4 Å². The van der Waals surface area contributed by atoms with Crippen LogP contribution in [0.2, 0.25) is 0 Å². The fourth-order valence-electron chi connectivity index (χ4n) is 1.99. The number of hydrogen-bond acceptors (Lipinski definition) is 4. The Bertz CT molecular complexity index is 401. The number of nitrogens with zero attached hydrogens (tertiary/aromatic N) is 1. The maximum Gasteiger partial charge on any atom is 0.247 e. The molecule has 0 bridgehead atoms. The van der Waals surface area contributed by atoms with Gasteiger partial charge in [-0.15, -0.1) is 0 Å². The normalized spacial score (nSPS) is 24.8. The van der Waals surface area contributed by atoms with Gasteiger partial charge in [-0.2, -0.15) is 0 Å². The number of hydrogen-bond donors (Lipinski definition) is 2. The topological polar surface area (TPSA) is 92.5 Å². The van der Waals surface area contributed by atoms with E-state index < -0.39 is 17.4 Å². The lowest BCUT2D eigenvalue weighted by Crippen LogP contribution is -2.46. The molecule has 2 fully saturated rings. The summed E-state index contributed by atoms with van der Waals surface area (Å²) in [5, 5.41) is 2.98. The van der Waals surface area contributed by atoms with Gasteiger partial charge in [-0.1, -0.05) is 0 Å². The van der Waals surface area contributed by atoms with Crippen LogP contribution in [0.3, 0.4) is 0 Å². The molecule has 1 aliphatic carbocycles. The van der Waals surface area contributed by atoms with Gasteiger partial charge in [0.15, 0.2) is 0 Å². The molecule has 0 radical (unpaired) electrons. The smallest absolute Gasteiger partial charge is 0.247 e. The molecular weight excluding hydrogens is 234 g/mol. The molecule has 18 heavy (non-hydrogen) atoms. The summed E-state index contributed by atoms with van der Waals surface area (Å²) < 4.78 is 0. The highest BCUT2D eigenvalue weighted by Gasteiger charge is 2.46. The molecule has 1 heterocycles. The highest BCUT2D eigenvalue weighted by atomic mass is 16.2. The van der Waals surface area contributed by atoms with Gasteiger partial charge in [0.1, 0.15) is 0 Å². The summed E-state index contributed by atoms with van der Waals surface area (Å²) in [5.41, 5.74) is 4.54. The minimum absolute atomic E-state index is 0.112. The van der Waals surface area contributed by atoms with E-state index in [0.29, 0.717) is 6.54 Å². The molecule has 0 spiro atoms. The van der Waals surface area contributed by atoms with Gasteiger partial charge < -0.3 is 11.1 Å². The number of nitrogens with two attached hydrogens (primary N) is 1. The molecule has 100 valence electrons. The summed E-state index contributed by atoms with van der Waals surface area (Å²) >= 11 is 0. The summed E-state index contributed by atoms with van der Waals surface area (Å²) in [5.74, 6) is -0.703. The summed E-state index contributed by atoms with van der Waals surface area (Å²) in [6.45, 7) is 3.72. The third-order valence-electron chi connectivity index (χ3n) is 3.55. The maximum absolute atomic E-state index is 12.0. The number of likely N-dealkylation sites (tertiary alicyclic amines) is 1. The lowest BCUT2D eigenvalue weighted by molar-refractivity contribution is -0.139. The lowest BCUT2D eigenvalue weighted by atomic mass is 9.92. The van der Waals surface area contributed by atoms with Crippen molar-refractivity contribution in [3.05, 3.63) is 0 Å². The van der Waals surface area contributed by atoms with Gasteiger partial charge in [-0.25, -0.2) is 0 Å². The quantitative estimate of drug-likeness (QED) is 0.638. The first-order chi connectivity index (χ1) is 8.33. The van der Waals surface area contributed by atoms with Crippen molar-refractivity contribution in [1.29, 1.82) is 0 Å². The zero-order valence-electron chi connectivity index (χ0n) is 10.7. The van der Waals surface area contributed by atoms with Crippen molar-refractivity contribution in [3.63, 3.8) is 0 Å². The summed E-state index contributed by atoms with van der Waals surface area (Å²) in [7, 11) is 0. The van der Waals surface area contributed by atoms with E-state index >= 15 is 0 Å². The number of rotatable bonds is 5. The molecule has 1 saturated carbocycles. The number of imide groups is 1. The second kappa shape index (κ2) is 4.35. The Kier molecular flexibility index (Phi) is 3.14. The molecule has 0 aromatic rings. The van der Waals surface area contributed by atoms with E-state index in [0.717, 1.165) is 12.8 Å². The lowest BCUT2D eigenvalue weighted by Gasteiger charge is -2.23. The average molecular weight is 253 g/mol. The van der Waals surface area contributed by atoms with Crippen LogP contribution in [0.4, 0.5) is 0 Å². The van der Waals surface area contributed by atoms with Crippen LogP contribution in [0.1, 0.15) is 33.1 Å². The highest BCUT2D eigenvalue weighted by Crippen LogP contribution is 2.31. The van der Waals surface area contributed by atoms with Crippen LogP contribution >= 0.6 is 0 Å². The second-order valence-electron chi connectivity index (χ2n) is 5.72. The van der Waals surface area contributed by atoms with Crippen molar-refractivity contribution in [2.75, 3.05) is 6.54 Å². The molecule has 6 heteroatoms. The largest absolute Gasteiger partial charge is 0.369 e. The van der Waals surface area contributed by atoms with E-state index in [4.69, 9.17) is 5.73 Å². The third kappa shape index (κ3) is 2.38. The van der Waals surface area contributed by atoms with Crippen molar-refractivity contribution in [2.45, 2.75) is 45.2 Å².